The van der Waals surface area contributed by atoms with Crippen LogP contribution in [0.1, 0.15) is 42.6 Å². The van der Waals surface area contributed by atoms with E-state index in [0.29, 0.717) is 23.9 Å². The fourth-order valence-corrected chi connectivity index (χ4v) is 4.11. The normalized spacial score (nSPS) is 29.7. The molecule has 21 heavy (non-hydrogen) atoms. The van der Waals surface area contributed by atoms with Gasteiger partial charge >= 0.3 is 0 Å². The Hall–Kier alpha value is -1.24. The summed E-state index contributed by atoms with van der Waals surface area (Å²) in [5.74, 6) is 1.32. The number of thiophene rings is 1. The van der Waals surface area contributed by atoms with Gasteiger partial charge in [-0.05, 0) is 48.6 Å². The lowest BCUT2D eigenvalue weighted by Gasteiger charge is -2.34. The number of ether oxygens (including phenoxy) is 1. The molecule has 2 aromatic heterocycles. The van der Waals surface area contributed by atoms with Crippen molar-refractivity contribution in [2.75, 3.05) is 6.54 Å². The van der Waals surface area contributed by atoms with Crippen molar-refractivity contribution >= 4 is 11.3 Å². The summed E-state index contributed by atoms with van der Waals surface area (Å²) in [5.41, 5.74) is 1.41. The minimum atomic E-state index is -0.0199. The van der Waals surface area contributed by atoms with Crippen molar-refractivity contribution < 1.29 is 9.26 Å². The Balaban J connectivity index is 1.42. The van der Waals surface area contributed by atoms with E-state index in [-0.39, 0.29) is 6.10 Å². The van der Waals surface area contributed by atoms with Crippen molar-refractivity contribution in [2.45, 2.75) is 51.0 Å². The summed E-state index contributed by atoms with van der Waals surface area (Å²) in [7, 11) is 0. The van der Waals surface area contributed by atoms with Gasteiger partial charge in [-0.2, -0.15) is 16.3 Å². The van der Waals surface area contributed by atoms with Gasteiger partial charge in [-0.25, -0.2) is 0 Å². The molecule has 0 aliphatic carbocycles. The second-order valence-electron chi connectivity index (χ2n) is 5.88. The van der Waals surface area contributed by atoms with Crippen molar-refractivity contribution in [3.8, 4) is 0 Å². The number of fused-ring (bicyclic) bond motifs is 1. The molecule has 2 aliphatic heterocycles. The number of likely N-dealkylation sites (tertiary alicyclic amines) is 1. The van der Waals surface area contributed by atoms with Crippen molar-refractivity contribution in [1.82, 2.24) is 15.0 Å². The highest BCUT2D eigenvalue weighted by Crippen LogP contribution is 2.38. The fraction of sp³-hybridized carbons (Fsp3) is 0.600. The van der Waals surface area contributed by atoms with E-state index in [4.69, 9.17) is 9.26 Å². The monoisotopic (exact) mass is 305 g/mol. The number of aryl methyl sites for hydroxylation is 1. The molecule has 5 nitrogen and oxygen atoms in total. The molecular formula is C15H19N3O2S. The standard InChI is InChI=1S/C15H19N3O2S/c1-10-16-15(20-17-10)14-3-2-12-13(19-14)4-6-18(12)8-11-5-7-21-9-11/h5,7,9,12-14H,2-4,6,8H2,1H3/t12-,13-,14+/m1/s1. The zero-order valence-corrected chi connectivity index (χ0v) is 12.9. The first-order chi connectivity index (χ1) is 10.3. The Labute approximate surface area is 127 Å². The predicted octanol–water partition coefficient (Wildman–Crippen LogP) is 2.93. The first kappa shape index (κ1) is 13.4. The summed E-state index contributed by atoms with van der Waals surface area (Å²) in [6, 6.07) is 2.75. The zero-order valence-electron chi connectivity index (χ0n) is 12.1. The Morgan fingerprint density at radius 3 is 3.10 bits per heavy atom. The van der Waals surface area contributed by atoms with Gasteiger partial charge in [0.25, 0.3) is 5.89 Å². The largest absolute Gasteiger partial charge is 0.363 e. The van der Waals surface area contributed by atoms with Crippen LogP contribution in [-0.2, 0) is 11.3 Å². The molecule has 2 fully saturated rings. The van der Waals surface area contributed by atoms with Crippen LogP contribution in [-0.4, -0.2) is 33.7 Å². The molecule has 0 amide bonds. The molecule has 112 valence electrons. The molecule has 0 radical (unpaired) electrons. The van der Waals surface area contributed by atoms with Crippen molar-refractivity contribution in [3.63, 3.8) is 0 Å². The third-order valence-corrected chi connectivity index (χ3v) is 5.18. The topological polar surface area (TPSA) is 51.4 Å². The SMILES string of the molecule is Cc1noc([C@@H]2CC[C@@H]3[C@@H](CCN3Cc3ccsc3)O2)n1. The molecule has 6 heteroatoms. The quantitative estimate of drug-likeness (QED) is 0.872. The average molecular weight is 305 g/mol. The minimum Gasteiger partial charge on any atom is -0.363 e. The summed E-state index contributed by atoms with van der Waals surface area (Å²) in [4.78, 5) is 6.87. The summed E-state index contributed by atoms with van der Waals surface area (Å²) in [5, 5.41) is 8.25. The summed E-state index contributed by atoms with van der Waals surface area (Å²) >= 11 is 1.77. The van der Waals surface area contributed by atoms with E-state index in [2.05, 4.69) is 31.9 Å². The second-order valence-corrected chi connectivity index (χ2v) is 6.66. The van der Waals surface area contributed by atoms with E-state index < -0.39 is 0 Å². The van der Waals surface area contributed by atoms with Gasteiger partial charge in [-0.3, -0.25) is 4.90 Å². The molecule has 2 saturated heterocycles. The lowest BCUT2D eigenvalue weighted by molar-refractivity contribution is -0.0831. The van der Waals surface area contributed by atoms with E-state index in [1.807, 2.05) is 6.92 Å². The Bertz CT molecular complexity index is 598. The van der Waals surface area contributed by atoms with Crippen LogP contribution >= 0.6 is 11.3 Å². The Kier molecular flexibility index (Phi) is 3.52. The number of hydrogen-bond donors (Lipinski definition) is 0. The molecule has 4 heterocycles. The van der Waals surface area contributed by atoms with Gasteiger partial charge in [-0.1, -0.05) is 5.16 Å². The van der Waals surface area contributed by atoms with Crippen LogP contribution in [0.5, 0.6) is 0 Å². The van der Waals surface area contributed by atoms with E-state index in [9.17, 15) is 0 Å². The third-order valence-electron chi connectivity index (χ3n) is 4.45. The average Bonchev–Trinajstić information content (AvgIpc) is 3.21. The third kappa shape index (κ3) is 2.63. The van der Waals surface area contributed by atoms with E-state index in [0.717, 1.165) is 32.4 Å². The van der Waals surface area contributed by atoms with E-state index in [1.54, 1.807) is 11.3 Å². The van der Waals surface area contributed by atoms with Gasteiger partial charge in [0.2, 0.25) is 0 Å². The second kappa shape index (κ2) is 5.51. The Morgan fingerprint density at radius 1 is 1.38 bits per heavy atom. The van der Waals surface area contributed by atoms with Gasteiger partial charge < -0.3 is 9.26 Å². The molecule has 0 aromatic carbocycles. The van der Waals surface area contributed by atoms with Crippen molar-refractivity contribution in [1.29, 1.82) is 0 Å². The van der Waals surface area contributed by atoms with Gasteiger partial charge in [0, 0.05) is 19.1 Å². The van der Waals surface area contributed by atoms with Crippen LogP contribution in [0.15, 0.2) is 21.3 Å². The maximum atomic E-state index is 6.22. The number of hydrogen-bond acceptors (Lipinski definition) is 6. The molecule has 0 spiro atoms. The van der Waals surface area contributed by atoms with Crippen LogP contribution in [0.2, 0.25) is 0 Å². The molecule has 0 bridgehead atoms. The molecular weight excluding hydrogens is 286 g/mol. The van der Waals surface area contributed by atoms with Crippen LogP contribution in [0.3, 0.4) is 0 Å². The van der Waals surface area contributed by atoms with Crippen molar-refractivity contribution in [2.24, 2.45) is 0 Å². The summed E-state index contributed by atoms with van der Waals surface area (Å²) < 4.78 is 11.5. The summed E-state index contributed by atoms with van der Waals surface area (Å²) in [6.07, 6.45) is 3.48. The highest BCUT2D eigenvalue weighted by molar-refractivity contribution is 7.07. The molecule has 0 N–H and O–H groups in total. The smallest absolute Gasteiger partial charge is 0.255 e. The van der Waals surface area contributed by atoms with E-state index in [1.165, 1.54) is 5.56 Å². The molecule has 2 aromatic rings. The highest BCUT2D eigenvalue weighted by atomic mass is 32.1. The minimum absolute atomic E-state index is 0.0199. The van der Waals surface area contributed by atoms with Crippen LogP contribution in [0, 0.1) is 6.92 Å². The molecule has 3 atom stereocenters. The van der Waals surface area contributed by atoms with Crippen LogP contribution in [0.25, 0.3) is 0 Å². The number of aromatic nitrogens is 2. The lowest BCUT2D eigenvalue weighted by atomic mass is 9.99. The van der Waals surface area contributed by atoms with E-state index >= 15 is 0 Å². The predicted molar refractivity (Wildman–Crippen MR) is 79.0 cm³/mol. The molecule has 0 unspecified atom stereocenters. The van der Waals surface area contributed by atoms with Gasteiger partial charge in [0.15, 0.2) is 5.82 Å². The zero-order chi connectivity index (χ0) is 14.2. The highest BCUT2D eigenvalue weighted by Gasteiger charge is 2.41. The molecule has 0 saturated carbocycles. The van der Waals surface area contributed by atoms with Crippen molar-refractivity contribution in [3.05, 3.63) is 34.1 Å². The maximum Gasteiger partial charge on any atom is 0.255 e. The first-order valence-corrected chi connectivity index (χ1v) is 8.44. The summed E-state index contributed by atoms with van der Waals surface area (Å²) in [6.45, 7) is 4.00. The number of nitrogens with zero attached hydrogens (tertiary/aromatic N) is 3. The lowest BCUT2D eigenvalue weighted by Crippen LogP contribution is -2.40. The number of rotatable bonds is 3. The Morgan fingerprint density at radius 2 is 2.33 bits per heavy atom. The maximum absolute atomic E-state index is 6.22. The van der Waals surface area contributed by atoms with Crippen LogP contribution < -0.4 is 0 Å². The van der Waals surface area contributed by atoms with Gasteiger partial charge in [0.1, 0.15) is 6.10 Å². The molecule has 2 aliphatic rings. The van der Waals surface area contributed by atoms with Gasteiger partial charge in [-0.15, -0.1) is 0 Å². The van der Waals surface area contributed by atoms with Crippen LogP contribution in [0.4, 0.5) is 0 Å². The fourth-order valence-electron chi connectivity index (χ4n) is 3.45. The van der Waals surface area contributed by atoms with Gasteiger partial charge in [0.05, 0.1) is 6.10 Å². The first-order valence-electron chi connectivity index (χ1n) is 7.50. The molecule has 4 rings (SSSR count).